The normalized spacial score (nSPS) is 14.2. The molecule has 0 unspecified atom stereocenters. The van der Waals surface area contributed by atoms with Crippen molar-refractivity contribution in [2.75, 3.05) is 10.6 Å². The topological polar surface area (TPSA) is 86.9 Å². The lowest BCUT2D eigenvalue weighted by atomic mass is 9.88. The summed E-state index contributed by atoms with van der Waals surface area (Å²) in [5.41, 5.74) is 4.86. The second-order valence-electron chi connectivity index (χ2n) is 8.56. The number of hydrogen-bond acceptors (Lipinski definition) is 3. The van der Waals surface area contributed by atoms with Crippen LogP contribution in [0.5, 0.6) is 0 Å². The number of H-pyrrole nitrogens is 1. The first-order valence-electron chi connectivity index (χ1n) is 11.4. The standard InChI is InChI=1S/C27H26N4O2/c32-26(19-6-2-1-3-7-19)30-22-14-11-20-16-24(31-25(20)17-22)18-9-12-21(13-10-18)29-27(33)23-8-4-5-15-28-23/h4-5,8-17,19,31H,1-3,6-7H2,(H,29,33)(H,30,32). The smallest absolute Gasteiger partial charge is 0.274 e. The third-order valence-electron chi connectivity index (χ3n) is 6.22. The van der Waals surface area contributed by atoms with Gasteiger partial charge in [0, 0.05) is 40.1 Å². The average Bonchev–Trinajstić information content (AvgIpc) is 3.29. The Bertz CT molecular complexity index is 1270. The lowest BCUT2D eigenvalue weighted by Gasteiger charge is -2.20. The van der Waals surface area contributed by atoms with Crippen molar-refractivity contribution < 1.29 is 9.59 Å². The third-order valence-corrected chi connectivity index (χ3v) is 6.22. The molecule has 6 heteroatoms. The maximum Gasteiger partial charge on any atom is 0.274 e. The highest BCUT2D eigenvalue weighted by Crippen LogP contribution is 2.29. The second-order valence-corrected chi connectivity index (χ2v) is 8.56. The van der Waals surface area contributed by atoms with E-state index >= 15 is 0 Å². The van der Waals surface area contributed by atoms with Crippen molar-refractivity contribution in [3.05, 3.63) is 78.6 Å². The van der Waals surface area contributed by atoms with E-state index in [0.717, 1.165) is 53.5 Å². The summed E-state index contributed by atoms with van der Waals surface area (Å²) in [5, 5.41) is 7.03. The Labute approximate surface area is 192 Å². The molecule has 1 saturated carbocycles. The zero-order valence-corrected chi connectivity index (χ0v) is 18.3. The monoisotopic (exact) mass is 438 g/mol. The Morgan fingerprint density at radius 1 is 0.848 bits per heavy atom. The molecule has 0 saturated heterocycles. The van der Waals surface area contributed by atoms with Crippen molar-refractivity contribution in [1.29, 1.82) is 0 Å². The predicted molar refractivity (Wildman–Crippen MR) is 131 cm³/mol. The molecule has 1 aliphatic rings. The molecule has 4 aromatic rings. The molecule has 3 N–H and O–H groups in total. The highest BCUT2D eigenvalue weighted by atomic mass is 16.2. The van der Waals surface area contributed by atoms with Crippen LogP contribution in [0.3, 0.4) is 0 Å². The number of amides is 2. The van der Waals surface area contributed by atoms with Gasteiger partial charge in [0.15, 0.2) is 0 Å². The van der Waals surface area contributed by atoms with Gasteiger partial charge in [-0.15, -0.1) is 0 Å². The van der Waals surface area contributed by atoms with Crippen LogP contribution in [0.15, 0.2) is 72.9 Å². The Hall–Kier alpha value is -3.93. The summed E-state index contributed by atoms with van der Waals surface area (Å²) < 4.78 is 0. The molecule has 2 aromatic carbocycles. The Morgan fingerprint density at radius 2 is 1.64 bits per heavy atom. The van der Waals surface area contributed by atoms with Crippen molar-refractivity contribution in [2.45, 2.75) is 32.1 Å². The molecule has 2 amide bonds. The maximum atomic E-state index is 12.6. The number of hydrogen-bond donors (Lipinski definition) is 3. The minimum atomic E-state index is -0.239. The van der Waals surface area contributed by atoms with Gasteiger partial charge in [-0.3, -0.25) is 14.6 Å². The minimum Gasteiger partial charge on any atom is -0.354 e. The van der Waals surface area contributed by atoms with Crippen LogP contribution in [0, 0.1) is 5.92 Å². The molecule has 2 aromatic heterocycles. The van der Waals surface area contributed by atoms with Gasteiger partial charge in [0.25, 0.3) is 5.91 Å². The molecular formula is C27H26N4O2. The number of carbonyl (C=O) groups is 2. The number of fused-ring (bicyclic) bond motifs is 1. The molecule has 0 spiro atoms. The van der Waals surface area contributed by atoms with Crippen molar-refractivity contribution in [2.24, 2.45) is 5.92 Å². The first-order valence-corrected chi connectivity index (χ1v) is 11.4. The molecule has 33 heavy (non-hydrogen) atoms. The van der Waals surface area contributed by atoms with E-state index in [-0.39, 0.29) is 17.7 Å². The maximum absolute atomic E-state index is 12.6. The van der Waals surface area contributed by atoms with Gasteiger partial charge in [-0.05, 0) is 60.9 Å². The number of anilines is 2. The molecule has 166 valence electrons. The molecule has 6 nitrogen and oxygen atoms in total. The molecule has 1 aliphatic carbocycles. The molecule has 1 fully saturated rings. The zero-order chi connectivity index (χ0) is 22.6. The summed E-state index contributed by atoms with van der Waals surface area (Å²) in [6.45, 7) is 0. The van der Waals surface area contributed by atoms with Crippen LogP contribution in [0.2, 0.25) is 0 Å². The average molecular weight is 439 g/mol. The fourth-order valence-corrected chi connectivity index (χ4v) is 4.39. The Balaban J connectivity index is 1.28. The van der Waals surface area contributed by atoms with E-state index in [4.69, 9.17) is 0 Å². The molecule has 0 bridgehead atoms. The van der Waals surface area contributed by atoms with E-state index in [1.807, 2.05) is 42.5 Å². The van der Waals surface area contributed by atoms with Crippen LogP contribution in [0.1, 0.15) is 42.6 Å². The molecule has 2 heterocycles. The Kier molecular flexibility index (Phi) is 5.89. The lowest BCUT2D eigenvalue weighted by molar-refractivity contribution is -0.120. The van der Waals surface area contributed by atoms with Crippen LogP contribution >= 0.6 is 0 Å². The fourth-order valence-electron chi connectivity index (χ4n) is 4.39. The van der Waals surface area contributed by atoms with Gasteiger partial charge in [0.2, 0.25) is 5.91 Å². The number of aromatic amines is 1. The Morgan fingerprint density at radius 3 is 2.39 bits per heavy atom. The number of rotatable bonds is 5. The number of carbonyl (C=O) groups excluding carboxylic acids is 2. The van der Waals surface area contributed by atoms with Gasteiger partial charge in [-0.2, -0.15) is 0 Å². The van der Waals surface area contributed by atoms with Gasteiger partial charge >= 0.3 is 0 Å². The van der Waals surface area contributed by atoms with Crippen LogP contribution in [0.4, 0.5) is 11.4 Å². The SMILES string of the molecule is O=C(Nc1ccc(-c2cc3ccc(NC(=O)C4CCCCC4)cc3[nH]2)cc1)c1ccccn1. The van der Waals surface area contributed by atoms with Gasteiger partial charge in [-0.25, -0.2) is 0 Å². The van der Waals surface area contributed by atoms with E-state index < -0.39 is 0 Å². The second kappa shape index (κ2) is 9.28. The highest BCUT2D eigenvalue weighted by molar-refractivity contribution is 6.03. The summed E-state index contributed by atoms with van der Waals surface area (Å²) in [6.07, 6.45) is 7.09. The van der Waals surface area contributed by atoms with Crippen molar-refractivity contribution in [3.8, 4) is 11.3 Å². The number of nitrogens with one attached hydrogen (secondary N) is 3. The summed E-state index contributed by atoms with van der Waals surface area (Å²) >= 11 is 0. The summed E-state index contributed by atoms with van der Waals surface area (Å²) in [5.74, 6) is 0.0197. The predicted octanol–water partition coefficient (Wildman–Crippen LogP) is 6.00. The third kappa shape index (κ3) is 4.80. The number of nitrogens with zero attached hydrogens (tertiary/aromatic N) is 1. The van der Waals surface area contributed by atoms with Gasteiger partial charge < -0.3 is 15.6 Å². The lowest BCUT2D eigenvalue weighted by Crippen LogP contribution is -2.24. The van der Waals surface area contributed by atoms with Crippen LogP contribution in [0.25, 0.3) is 22.2 Å². The first-order chi connectivity index (χ1) is 16.2. The molecule has 0 aliphatic heterocycles. The van der Waals surface area contributed by atoms with Crippen molar-refractivity contribution in [1.82, 2.24) is 9.97 Å². The van der Waals surface area contributed by atoms with Gasteiger partial charge in [0.1, 0.15) is 5.69 Å². The molecular weight excluding hydrogens is 412 g/mol. The fraction of sp³-hybridized carbons (Fsp3) is 0.222. The molecule has 5 rings (SSSR count). The highest BCUT2D eigenvalue weighted by Gasteiger charge is 2.21. The minimum absolute atomic E-state index is 0.129. The van der Waals surface area contributed by atoms with E-state index in [2.05, 4.69) is 26.7 Å². The first kappa shape index (κ1) is 20.9. The number of pyridine rings is 1. The largest absolute Gasteiger partial charge is 0.354 e. The van der Waals surface area contributed by atoms with Gasteiger partial charge in [-0.1, -0.05) is 43.5 Å². The van der Waals surface area contributed by atoms with Crippen LogP contribution in [-0.4, -0.2) is 21.8 Å². The van der Waals surface area contributed by atoms with Crippen LogP contribution in [-0.2, 0) is 4.79 Å². The van der Waals surface area contributed by atoms with Crippen molar-refractivity contribution >= 4 is 34.1 Å². The van der Waals surface area contributed by atoms with E-state index in [1.165, 1.54) is 6.42 Å². The summed E-state index contributed by atoms with van der Waals surface area (Å²) in [4.78, 5) is 32.4. The quantitative estimate of drug-likeness (QED) is 0.357. The van der Waals surface area contributed by atoms with Crippen LogP contribution < -0.4 is 10.6 Å². The summed E-state index contributed by atoms with van der Waals surface area (Å²) in [6, 6.07) is 21.0. The number of aromatic nitrogens is 2. The van der Waals surface area contributed by atoms with E-state index in [1.54, 1.807) is 24.4 Å². The zero-order valence-electron chi connectivity index (χ0n) is 18.3. The van der Waals surface area contributed by atoms with Crippen molar-refractivity contribution in [3.63, 3.8) is 0 Å². The van der Waals surface area contributed by atoms with Gasteiger partial charge in [0.05, 0.1) is 0 Å². The summed E-state index contributed by atoms with van der Waals surface area (Å²) in [7, 11) is 0. The molecule has 0 atom stereocenters. The van der Waals surface area contributed by atoms with E-state index in [9.17, 15) is 9.59 Å². The van der Waals surface area contributed by atoms with E-state index in [0.29, 0.717) is 11.4 Å². The number of benzene rings is 2. The molecule has 0 radical (unpaired) electrons.